The van der Waals surface area contributed by atoms with Crippen molar-refractivity contribution in [3.05, 3.63) is 45.9 Å². The van der Waals surface area contributed by atoms with Crippen LogP contribution in [-0.4, -0.2) is 22.7 Å². The number of thiazole rings is 1. The van der Waals surface area contributed by atoms with E-state index in [1.54, 1.807) is 5.38 Å². The summed E-state index contributed by atoms with van der Waals surface area (Å²) in [4.78, 5) is 15.0. The minimum absolute atomic E-state index is 0.119. The molecule has 0 bridgehead atoms. The van der Waals surface area contributed by atoms with Crippen LogP contribution in [0.25, 0.3) is 0 Å². The Morgan fingerprint density at radius 1 is 1.44 bits per heavy atom. The van der Waals surface area contributed by atoms with Crippen LogP contribution in [0.2, 0.25) is 0 Å². The molecule has 92 valence electrons. The van der Waals surface area contributed by atoms with Gasteiger partial charge in [0.05, 0.1) is 6.61 Å². The second-order valence-electron chi connectivity index (χ2n) is 4.20. The number of fused-ring (bicyclic) bond motifs is 1. The molecule has 4 nitrogen and oxygen atoms in total. The molecule has 3 rings (SSSR count). The molecule has 0 saturated heterocycles. The second-order valence-corrected chi connectivity index (χ2v) is 5.09. The summed E-state index contributed by atoms with van der Waals surface area (Å²) >= 11 is 1.39. The highest BCUT2D eigenvalue weighted by molar-refractivity contribution is 7.09. The van der Waals surface area contributed by atoms with E-state index in [1.165, 1.54) is 11.3 Å². The Hall–Kier alpha value is -1.88. The van der Waals surface area contributed by atoms with Crippen LogP contribution in [0.4, 0.5) is 0 Å². The molecule has 2 heterocycles. The zero-order valence-corrected chi connectivity index (χ0v) is 10.3. The zero-order chi connectivity index (χ0) is 12.5. The first-order valence-electron chi connectivity index (χ1n) is 5.63. The van der Waals surface area contributed by atoms with Gasteiger partial charge in [0.25, 0.3) is 0 Å². The van der Waals surface area contributed by atoms with E-state index >= 15 is 0 Å². The van der Waals surface area contributed by atoms with Crippen molar-refractivity contribution in [2.24, 2.45) is 0 Å². The maximum Gasteiger partial charge on any atom is 0.355 e. The molecule has 5 heteroatoms. The predicted molar refractivity (Wildman–Crippen MR) is 67.5 cm³/mol. The quantitative estimate of drug-likeness (QED) is 0.902. The van der Waals surface area contributed by atoms with Gasteiger partial charge in [-0.1, -0.05) is 18.2 Å². The Morgan fingerprint density at radius 2 is 2.28 bits per heavy atom. The van der Waals surface area contributed by atoms with Gasteiger partial charge in [-0.25, -0.2) is 9.78 Å². The summed E-state index contributed by atoms with van der Waals surface area (Å²) in [5.41, 5.74) is 1.27. The highest BCUT2D eigenvalue weighted by atomic mass is 32.1. The molecule has 2 aromatic rings. The summed E-state index contributed by atoms with van der Waals surface area (Å²) in [5, 5.41) is 11.3. The van der Waals surface area contributed by atoms with Crippen molar-refractivity contribution in [2.75, 3.05) is 6.61 Å². The Bertz CT molecular complexity index is 593. The first-order chi connectivity index (χ1) is 8.74. The third-order valence-electron chi connectivity index (χ3n) is 2.97. The Morgan fingerprint density at radius 3 is 3.06 bits per heavy atom. The molecule has 0 aliphatic carbocycles. The third-order valence-corrected chi connectivity index (χ3v) is 3.98. The van der Waals surface area contributed by atoms with Crippen molar-refractivity contribution in [3.63, 3.8) is 0 Å². The van der Waals surface area contributed by atoms with Gasteiger partial charge in [-0.2, -0.15) is 0 Å². The lowest BCUT2D eigenvalue weighted by Crippen LogP contribution is -2.19. The Balaban J connectivity index is 1.85. The Kier molecular flexibility index (Phi) is 2.76. The molecular formula is C13H11NO3S. The monoisotopic (exact) mass is 261 g/mol. The standard InChI is InChI=1S/C13H11NO3S/c15-13(16)10-7-18-12(14-10)9-5-8-3-1-2-4-11(8)17-6-9/h1-4,7,9H,5-6H2,(H,15,16). The van der Waals surface area contributed by atoms with E-state index in [2.05, 4.69) is 4.98 Å². The number of hydrogen-bond donors (Lipinski definition) is 1. The van der Waals surface area contributed by atoms with E-state index in [4.69, 9.17) is 9.84 Å². The second kappa shape index (κ2) is 4.42. The summed E-state index contributed by atoms with van der Waals surface area (Å²) in [5.74, 6) is 0.0939. The topological polar surface area (TPSA) is 59.4 Å². The summed E-state index contributed by atoms with van der Waals surface area (Å²) in [6.07, 6.45) is 0.850. The lowest BCUT2D eigenvalue weighted by atomic mass is 9.97. The van der Waals surface area contributed by atoms with Crippen molar-refractivity contribution in [1.82, 2.24) is 4.98 Å². The molecule has 0 radical (unpaired) electrons. The lowest BCUT2D eigenvalue weighted by molar-refractivity contribution is 0.0691. The van der Waals surface area contributed by atoms with Crippen molar-refractivity contribution < 1.29 is 14.6 Å². The van der Waals surface area contributed by atoms with Crippen LogP contribution < -0.4 is 4.74 Å². The van der Waals surface area contributed by atoms with Gasteiger partial charge in [0.1, 0.15) is 10.8 Å². The van der Waals surface area contributed by atoms with Crippen LogP contribution in [0.5, 0.6) is 5.75 Å². The first kappa shape index (κ1) is 11.2. The number of rotatable bonds is 2. The van der Waals surface area contributed by atoms with Crippen LogP contribution in [0, 0.1) is 0 Å². The molecule has 18 heavy (non-hydrogen) atoms. The van der Waals surface area contributed by atoms with E-state index in [-0.39, 0.29) is 11.6 Å². The number of aromatic carboxylic acids is 1. The molecule has 1 aliphatic heterocycles. The summed E-state index contributed by atoms with van der Waals surface area (Å²) in [6, 6.07) is 7.92. The predicted octanol–water partition coefficient (Wildman–Crippen LogP) is 2.56. The molecule has 0 fully saturated rings. The fourth-order valence-corrected chi connectivity index (χ4v) is 2.94. The SMILES string of the molecule is O=C(O)c1csc(C2COc3ccccc3C2)n1. The van der Waals surface area contributed by atoms with Crippen molar-refractivity contribution in [3.8, 4) is 5.75 Å². The third kappa shape index (κ3) is 1.97. The Labute approximate surface area is 108 Å². The maximum atomic E-state index is 10.8. The van der Waals surface area contributed by atoms with Gasteiger partial charge >= 0.3 is 5.97 Å². The number of hydrogen-bond acceptors (Lipinski definition) is 4. The minimum atomic E-state index is -0.977. The van der Waals surface area contributed by atoms with Crippen LogP contribution in [0.3, 0.4) is 0 Å². The number of ether oxygens (including phenoxy) is 1. The lowest BCUT2D eigenvalue weighted by Gasteiger charge is -2.23. The molecule has 1 aromatic heterocycles. The van der Waals surface area contributed by atoms with E-state index in [1.807, 2.05) is 24.3 Å². The average Bonchev–Trinajstić information content (AvgIpc) is 2.88. The van der Waals surface area contributed by atoms with Gasteiger partial charge in [0.2, 0.25) is 0 Å². The van der Waals surface area contributed by atoms with Crippen LogP contribution in [0.15, 0.2) is 29.6 Å². The number of carboxylic acids is 1. The van der Waals surface area contributed by atoms with Gasteiger partial charge < -0.3 is 9.84 Å². The average molecular weight is 261 g/mol. The molecular weight excluding hydrogens is 250 g/mol. The molecule has 0 saturated carbocycles. The van der Waals surface area contributed by atoms with Crippen molar-refractivity contribution >= 4 is 17.3 Å². The number of nitrogens with zero attached hydrogens (tertiary/aromatic N) is 1. The van der Waals surface area contributed by atoms with Gasteiger partial charge in [0.15, 0.2) is 5.69 Å². The van der Waals surface area contributed by atoms with Crippen LogP contribution in [0.1, 0.15) is 27.0 Å². The molecule has 1 aliphatic rings. The summed E-state index contributed by atoms with van der Waals surface area (Å²) < 4.78 is 5.68. The van der Waals surface area contributed by atoms with Gasteiger partial charge in [-0.15, -0.1) is 11.3 Å². The van der Waals surface area contributed by atoms with Crippen LogP contribution >= 0.6 is 11.3 Å². The van der Waals surface area contributed by atoms with Crippen molar-refractivity contribution in [2.45, 2.75) is 12.3 Å². The van der Waals surface area contributed by atoms with Gasteiger partial charge in [-0.3, -0.25) is 0 Å². The maximum absolute atomic E-state index is 10.8. The number of benzene rings is 1. The molecule has 1 aromatic carbocycles. The van der Waals surface area contributed by atoms with Crippen molar-refractivity contribution in [1.29, 1.82) is 0 Å². The van der Waals surface area contributed by atoms with E-state index in [0.717, 1.165) is 22.7 Å². The number of carbonyl (C=O) groups is 1. The molecule has 0 spiro atoms. The molecule has 1 unspecified atom stereocenters. The highest BCUT2D eigenvalue weighted by Crippen LogP contribution is 2.33. The largest absolute Gasteiger partial charge is 0.493 e. The van der Waals surface area contributed by atoms with Gasteiger partial charge in [0, 0.05) is 11.3 Å². The normalized spacial score (nSPS) is 17.9. The molecule has 0 amide bonds. The van der Waals surface area contributed by atoms with Crippen LogP contribution in [-0.2, 0) is 6.42 Å². The van der Waals surface area contributed by atoms with E-state index < -0.39 is 5.97 Å². The number of para-hydroxylation sites is 1. The minimum Gasteiger partial charge on any atom is -0.493 e. The number of carboxylic acid groups (broad SMARTS) is 1. The summed E-state index contributed by atoms with van der Waals surface area (Å²) in [6.45, 7) is 0.559. The first-order valence-corrected chi connectivity index (χ1v) is 6.51. The summed E-state index contributed by atoms with van der Waals surface area (Å²) in [7, 11) is 0. The van der Waals surface area contributed by atoms with Gasteiger partial charge in [-0.05, 0) is 18.1 Å². The highest BCUT2D eigenvalue weighted by Gasteiger charge is 2.24. The molecule has 1 atom stereocenters. The smallest absolute Gasteiger partial charge is 0.355 e. The molecule has 1 N–H and O–H groups in total. The van der Waals surface area contributed by atoms with E-state index in [0.29, 0.717) is 6.61 Å². The fourth-order valence-electron chi connectivity index (χ4n) is 2.06. The fraction of sp³-hybridized carbons (Fsp3) is 0.231. The zero-order valence-electron chi connectivity index (χ0n) is 9.50. The number of aromatic nitrogens is 1. The van der Waals surface area contributed by atoms with E-state index in [9.17, 15) is 4.79 Å².